The second-order valence-corrected chi connectivity index (χ2v) is 21.2. The first kappa shape index (κ1) is 35.4. The second-order valence-electron chi connectivity index (χ2n) is 15.6. The highest BCUT2D eigenvalue weighted by molar-refractivity contribution is 6.76. The van der Waals surface area contributed by atoms with Gasteiger partial charge in [-0.2, -0.15) is 5.26 Å². The molecule has 0 spiro atoms. The molecule has 1 fully saturated rings. The number of nitriles is 1. The zero-order valence-electron chi connectivity index (χ0n) is 29.0. The number of carbonyl (C=O) groups excluding carboxylic acids is 2. The number of anilines is 1. The van der Waals surface area contributed by atoms with Crippen molar-refractivity contribution in [2.24, 2.45) is 5.41 Å². The fourth-order valence-electron chi connectivity index (χ4n) is 5.53. The van der Waals surface area contributed by atoms with Gasteiger partial charge in [0.15, 0.2) is 5.69 Å². The average molecular weight is 649 g/mol. The van der Waals surface area contributed by atoms with Crippen molar-refractivity contribution >= 4 is 31.3 Å². The minimum absolute atomic E-state index is 0.154. The van der Waals surface area contributed by atoms with Gasteiger partial charge in [0.05, 0.1) is 0 Å². The van der Waals surface area contributed by atoms with Gasteiger partial charge in [0.2, 0.25) is 5.82 Å². The molecule has 46 heavy (non-hydrogen) atoms. The van der Waals surface area contributed by atoms with Gasteiger partial charge >= 0.3 is 6.09 Å². The third-order valence-electron chi connectivity index (χ3n) is 8.40. The summed E-state index contributed by atoms with van der Waals surface area (Å²) in [6, 6.07) is 9.28. The molecule has 1 aromatic heterocycles. The highest BCUT2D eigenvalue weighted by Gasteiger charge is 2.27. The lowest BCUT2D eigenvalue weighted by atomic mass is 9.76. The Balaban J connectivity index is 1.50. The number of piperazine rings is 1. The molecule has 1 aromatic carbocycles. The van der Waals surface area contributed by atoms with Crippen LogP contribution in [0, 0.1) is 16.7 Å². The monoisotopic (exact) mass is 648 g/mol. The Kier molecular flexibility index (Phi) is 11.2. The molecule has 2 aliphatic rings. The molecule has 0 atom stereocenters. The van der Waals surface area contributed by atoms with Gasteiger partial charge in [-0.1, -0.05) is 45.6 Å². The van der Waals surface area contributed by atoms with Gasteiger partial charge in [-0.3, -0.25) is 9.69 Å². The van der Waals surface area contributed by atoms with Crippen molar-refractivity contribution in [2.75, 3.05) is 38.1 Å². The van der Waals surface area contributed by atoms with Crippen LogP contribution in [0.2, 0.25) is 25.7 Å². The summed E-state index contributed by atoms with van der Waals surface area (Å²) in [5, 5.41) is 12.6. The fraction of sp³-hybridized carbons (Fsp3) is 0.600. The van der Waals surface area contributed by atoms with Crippen LogP contribution < -0.4 is 5.32 Å². The van der Waals surface area contributed by atoms with Gasteiger partial charge in [0, 0.05) is 64.9 Å². The number of allylic oxidation sites excluding steroid dienone is 2. The van der Waals surface area contributed by atoms with E-state index in [4.69, 9.17) is 9.47 Å². The van der Waals surface area contributed by atoms with Crippen LogP contribution in [0.15, 0.2) is 30.5 Å². The SMILES string of the molecule is CC1(C)CC=C(c2cc(CN3CCN(C(=O)OC(C)(C)C)CC3)ccc2NC(=O)c2nc(C#N)cn2COCC[Si](C)(C)C)CC1. The minimum Gasteiger partial charge on any atom is -0.444 e. The van der Waals surface area contributed by atoms with E-state index >= 15 is 0 Å². The molecule has 250 valence electrons. The normalized spacial score (nSPS) is 17.3. The fourth-order valence-corrected chi connectivity index (χ4v) is 6.28. The molecule has 1 saturated heterocycles. The lowest BCUT2D eigenvalue weighted by molar-refractivity contribution is 0.0139. The summed E-state index contributed by atoms with van der Waals surface area (Å²) in [7, 11) is -1.26. The van der Waals surface area contributed by atoms with Crippen LogP contribution >= 0.6 is 0 Å². The third-order valence-corrected chi connectivity index (χ3v) is 10.1. The van der Waals surface area contributed by atoms with E-state index in [0.717, 1.165) is 61.8 Å². The summed E-state index contributed by atoms with van der Waals surface area (Å²) in [6.07, 6.45) is 6.57. The standard InChI is InChI=1S/C35H52N6O4Si/c1-34(2,3)45-33(43)40-17-15-39(16-18-40)23-26-9-10-30(29(21-26)27-11-13-35(4,5)14-12-27)38-32(42)31-37-28(22-36)24-41(31)25-44-19-20-46(6,7)8/h9-11,21,24H,12-20,23,25H2,1-8H3,(H,38,42). The number of nitrogens with one attached hydrogen (secondary N) is 1. The number of imidazole rings is 1. The smallest absolute Gasteiger partial charge is 0.410 e. The van der Waals surface area contributed by atoms with Crippen LogP contribution in [0.1, 0.15) is 81.3 Å². The van der Waals surface area contributed by atoms with Gasteiger partial charge < -0.3 is 24.3 Å². The molecule has 1 aliphatic carbocycles. The number of aromatic nitrogens is 2. The van der Waals surface area contributed by atoms with Crippen molar-refractivity contribution in [1.29, 1.82) is 5.26 Å². The summed E-state index contributed by atoms with van der Waals surface area (Å²) < 4.78 is 13.1. The molecule has 1 aliphatic heterocycles. The number of amides is 2. The van der Waals surface area contributed by atoms with Gasteiger partial charge in [-0.15, -0.1) is 0 Å². The first-order chi connectivity index (χ1) is 21.5. The highest BCUT2D eigenvalue weighted by Crippen LogP contribution is 2.40. The largest absolute Gasteiger partial charge is 0.444 e. The summed E-state index contributed by atoms with van der Waals surface area (Å²) in [6.45, 7) is 21.4. The van der Waals surface area contributed by atoms with Crippen LogP contribution in [-0.4, -0.2) is 77.8 Å². The molecule has 10 nitrogen and oxygen atoms in total. The van der Waals surface area contributed by atoms with Crippen molar-refractivity contribution < 1.29 is 19.1 Å². The summed E-state index contributed by atoms with van der Waals surface area (Å²) in [4.78, 5) is 34.6. The molecule has 11 heteroatoms. The Hall–Kier alpha value is -3.46. The third kappa shape index (κ3) is 10.3. The number of hydrogen-bond acceptors (Lipinski definition) is 7. The number of nitrogens with zero attached hydrogens (tertiary/aromatic N) is 5. The molecular weight excluding hydrogens is 597 g/mol. The maximum atomic E-state index is 13.6. The minimum atomic E-state index is -1.26. The molecule has 0 radical (unpaired) electrons. The number of ether oxygens (including phenoxy) is 2. The molecule has 0 bridgehead atoms. The van der Waals surface area contributed by atoms with Crippen LogP contribution in [0.3, 0.4) is 0 Å². The Morgan fingerprint density at radius 2 is 1.85 bits per heavy atom. The van der Waals surface area contributed by atoms with E-state index in [1.165, 1.54) is 5.57 Å². The molecule has 2 aromatic rings. The van der Waals surface area contributed by atoms with Crippen LogP contribution in [0.25, 0.3) is 5.57 Å². The first-order valence-corrected chi connectivity index (χ1v) is 20.1. The average Bonchev–Trinajstić information content (AvgIpc) is 3.39. The van der Waals surface area contributed by atoms with Crippen molar-refractivity contribution in [3.63, 3.8) is 0 Å². The molecule has 1 N–H and O–H groups in total. The maximum Gasteiger partial charge on any atom is 0.410 e. The number of carbonyl (C=O) groups is 2. The molecule has 0 unspecified atom stereocenters. The van der Waals surface area contributed by atoms with Crippen LogP contribution in [0.4, 0.5) is 10.5 Å². The van der Waals surface area contributed by atoms with Crippen molar-refractivity contribution in [3.8, 4) is 6.07 Å². The highest BCUT2D eigenvalue weighted by atomic mass is 28.3. The van der Waals surface area contributed by atoms with Crippen molar-refractivity contribution in [2.45, 2.75) is 98.4 Å². The molecule has 2 amide bonds. The maximum absolute atomic E-state index is 13.6. The molecule has 4 rings (SSSR count). The lowest BCUT2D eigenvalue weighted by Gasteiger charge is -2.35. The first-order valence-electron chi connectivity index (χ1n) is 16.4. The predicted octanol–water partition coefficient (Wildman–Crippen LogP) is 6.97. The Morgan fingerprint density at radius 3 is 2.46 bits per heavy atom. The second kappa shape index (κ2) is 14.5. The Bertz CT molecular complexity index is 1470. The van der Waals surface area contributed by atoms with E-state index in [-0.39, 0.29) is 35.7 Å². The molecule has 2 heterocycles. The van der Waals surface area contributed by atoms with Gasteiger partial charge in [0.1, 0.15) is 18.4 Å². The molecular formula is C35H52N6O4Si. The van der Waals surface area contributed by atoms with Crippen molar-refractivity contribution in [1.82, 2.24) is 19.4 Å². The number of benzene rings is 1. The zero-order valence-corrected chi connectivity index (χ0v) is 30.0. The van der Waals surface area contributed by atoms with E-state index < -0.39 is 13.7 Å². The van der Waals surface area contributed by atoms with Crippen molar-refractivity contribution in [3.05, 3.63) is 53.1 Å². The van der Waals surface area contributed by atoms with E-state index in [1.807, 2.05) is 26.8 Å². The van der Waals surface area contributed by atoms with Gasteiger partial charge in [0.25, 0.3) is 5.91 Å². The van der Waals surface area contributed by atoms with E-state index in [9.17, 15) is 14.9 Å². The van der Waals surface area contributed by atoms with Gasteiger partial charge in [-0.05, 0) is 74.8 Å². The Labute approximate surface area is 275 Å². The summed E-state index contributed by atoms with van der Waals surface area (Å²) >= 11 is 0. The summed E-state index contributed by atoms with van der Waals surface area (Å²) in [5.41, 5.74) is 4.02. The zero-order chi connectivity index (χ0) is 33.7. The molecule has 0 saturated carbocycles. The Morgan fingerprint density at radius 1 is 1.13 bits per heavy atom. The van der Waals surface area contributed by atoms with Crippen LogP contribution in [0.5, 0.6) is 0 Å². The van der Waals surface area contributed by atoms with Crippen LogP contribution in [-0.2, 0) is 22.7 Å². The topological polar surface area (TPSA) is 113 Å². The summed E-state index contributed by atoms with van der Waals surface area (Å²) in [5.74, 6) is -0.222. The number of hydrogen-bond donors (Lipinski definition) is 1. The van der Waals surface area contributed by atoms with E-state index in [1.54, 1.807) is 15.7 Å². The van der Waals surface area contributed by atoms with Gasteiger partial charge in [-0.25, -0.2) is 9.78 Å². The number of rotatable bonds is 10. The van der Waals surface area contributed by atoms with E-state index in [0.29, 0.717) is 19.7 Å². The quantitative estimate of drug-likeness (QED) is 0.219. The predicted molar refractivity (Wildman–Crippen MR) is 184 cm³/mol. The lowest BCUT2D eigenvalue weighted by Crippen LogP contribution is -2.49. The van der Waals surface area contributed by atoms with E-state index in [2.05, 4.69) is 73.0 Å².